The molecule has 1 aliphatic carbocycles. The summed E-state index contributed by atoms with van der Waals surface area (Å²) in [5.41, 5.74) is 7.16. The number of aromatic nitrogens is 2. The van der Waals surface area contributed by atoms with Crippen LogP contribution in [0.15, 0.2) is 48.5 Å². The van der Waals surface area contributed by atoms with E-state index in [0.29, 0.717) is 22.0 Å². The minimum Gasteiger partial charge on any atom is -0.382 e. The number of nitrogens with one attached hydrogen (secondary N) is 2. The van der Waals surface area contributed by atoms with Crippen molar-refractivity contribution in [1.82, 2.24) is 15.1 Å². The molecule has 1 aliphatic rings. The molecule has 1 fully saturated rings. The molecule has 1 heterocycles. The number of alkyl halides is 3. The van der Waals surface area contributed by atoms with Gasteiger partial charge in [0.2, 0.25) is 0 Å². The lowest BCUT2D eigenvalue weighted by Crippen LogP contribution is -2.39. The molecule has 0 aliphatic heterocycles. The molecule has 4 rings (SSSR count). The number of hydrogen-bond donors (Lipinski definition) is 3. The third kappa shape index (κ3) is 5.24. The maximum atomic E-state index is 12.9. The Morgan fingerprint density at radius 2 is 1.67 bits per heavy atom. The zero-order chi connectivity index (χ0) is 23.6. The summed E-state index contributed by atoms with van der Waals surface area (Å²) in [4.78, 5) is 12.7. The molecule has 1 aromatic heterocycles. The highest BCUT2D eigenvalue weighted by Crippen LogP contribution is 2.36. The Bertz CT molecular complexity index is 1120. The van der Waals surface area contributed by atoms with Crippen LogP contribution in [0.5, 0.6) is 0 Å². The lowest BCUT2D eigenvalue weighted by atomic mass is 9.96. The number of nitrogens with zero attached hydrogens (tertiary/aromatic N) is 2. The fraction of sp³-hybridized carbons (Fsp3) is 0.304. The van der Waals surface area contributed by atoms with Gasteiger partial charge in [-0.1, -0.05) is 43.0 Å². The topological polar surface area (TPSA) is 85.0 Å². The maximum absolute atomic E-state index is 12.9. The monoisotopic (exact) mass is 477 g/mol. The second-order valence-corrected chi connectivity index (χ2v) is 8.44. The van der Waals surface area contributed by atoms with Gasteiger partial charge in [-0.15, -0.1) is 0 Å². The van der Waals surface area contributed by atoms with Crippen molar-refractivity contribution in [3.63, 3.8) is 0 Å². The smallest absolute Gasteiger partial charge is 0.382 e. The van der Waals surface area contributed by atoms with E-state index in [2.05, 4.69) is 15.7 Å². The molecule has 6 nitrogen and oxygen atoms in total. The molecule has 0 spiro atoms. The third-order valence-electron chi connectivity index (χ3n) is 5.66. The summed E-state index contributed by atoms with van der Waals surface area (Å²) in [5.74, 6) is 0.0958. The first-order valence-corrected chi connectivity index (χ1v) is 11.0. The normalized spacial score (nSPS) is 14.8. The predicted octanol–water partition coefficient (Wildman–Crippen LogP) is 6.25. The van der Waals surface area contributed by atoms with Gasteiger partial charge in [0.05, 0.1) is 11.3 Å². The van der Waals surface area contributed by atoms with Gasteiger partial charge in [-0.25, -0.2) is 9.48 Å². The van der Waals surface area contributed by atoms with E-state index in [1.54, 1.807) is 24.3 Å². The van der Waals surface area contributed by atoms with Gasteiger partial charge < -0.3 is 16.4 Å². The van der Waals surface area contributed by atoms with E-state index in [1.165, 1.54) is 16.8 Å². The Hall–Kier alpha value is -3.20. The van der Waals surface area contributed by atoms with E-state index < -0.39 is 17.8 Å². The van der Waals surface area contributed by atoms with Crippen LogP contribution < -0.4 is 16.4 Å². The van der Waals surface area contributed by atoms with Crippen molar-refractivity contribution in [2.45, 2.75) is 44.3 Å². The molecule has 0 atom stereocenters. The van der Waals surface area contributed by atoms with E-state index in [0.717, 1.165) is 44.2 Å². The van der Waals surface area contributed by atoms with Crippen molar-refractivity contribution < 1.29 is 18.0 Å². The fourth-order valence-electron chi connectivity index (χ4n) is 3.93. The summed E-state index contributed by atoms with van der Waals surface area (Å²) >= 11 is 5.99. The fourth-order valence-corrected chi connectivity index (χ4v) is 4.06. The molecule has 2 amide bonds. The number of urea groups is 1. The Kier molecular flexibility index (Phi) is 6.51. The number of nitrogens with two attached hydrogens (primary N) is 1. The molecule has 4 N–H and O–H groups in total. The molecule has 174 valence electrons. The van der Waals surface area contributed by atoms with Crippen molar-refractivity contribution in [3.8, 4) is 16.9 Å². The molecule has 10 heteroatoms. The van der Waals surface area contributed by atoms with E-state index in [-0.39, 0.29) is 17.5 Å². The maximum Gasteiger partial charge on any atom is 0.416 e. The zero-order valence-electron chi connectivity index (χ0n) is 17.6. The van der Waals surface area contributed by atoms with Gasteiger partial charge in [0.25, 0.3) is 0 Å². The van der Waals surface area contributed by atoms with E-state index in [4.69, 9.17) is 17.3 Å². The van der Waals surface area contributed by atoms with Crippen LogP contribution in [-0.4, -0.2) is 21.9 Å². The second kappa shape index (κ2) is 9.35. The van der Waals surface area contributed by atoms with Gasteiger partial charge in [-0.05, 0) is 49.2 Å². The van der Waals surface area contributed by atoms with Crippen LogP contribution in [0.25, 0.3) is 16.9 Å². The summed E-state index contributed by atoms with van der Waals surface area (Å²) < 4.78 is 40.1. The SMILES string of the molecule is Nc1c(NC(=O)NC2CCCCC2)c(-c2ccc(Cl)cc2)nn1-c1ccc(C(F)(F)F)cc1. The summed E-state index contributed by atoms with van der Waals surface area (Å²) in [6.45, 7) is 0. The zero-order valence-corrected chi connectivity index (χ0v) is 18.4. The highest BCUT2D eigenvalue weighted by atomic mass is 35.5. The van der Waals surface area contributed by atoms with Crippen LogP contribution in [-0.2, 0) is 6.18 Å². The molecule has 0 saturated heterocycles. The number of amides is 2. The summed E-state index contributed by atoms with van der Waals surface area (Å²) in [5, 5.41) is 10.8. The van der Waals surface area contributed by atoms with Crippen LogP contribution in [0, 0.1) is 0 Å². The van der Waals surface area contributed by atoms with E-state index in [9.17, 15) is 18.0 Å². The Morgan fingerprint density at radius 1 is 1.03 bits per heavy atom. The summed E-state index contributed by atoms with van der Waals surface area (Å²) in [7, 11) is 0. The number of rotatable bonds is 4. The number of hydrogen-bond acceptors (Lipinski definition) is 3. The first kappa shape index (κ1) is 23.0. The predicted molar refractivity (Wildman–Crippen MR) is 122 cm³/mol. The third-order valence-corrected chi connectivity index (χ3v) is 5.91. The van der Waals surface area contributed by atoms with Crippen LogP contribution in [0.1, 0.15) is 37.7 Å². The lowest BCUT2D eigenvalue weighted by molar-refractivity contribution is -0.137. The Balaban J connectivity index is 1.68. The van der Waals surface area contributed by atoms with Crippen LogP contribution in [0.3, 0.4) is 0 Å². The minimum atomic E-state index is -4.45. The van der Waals surface area contributed by atoms with Crippen molar-refractivity contribution in [3.05, 3.63) is 59.1 Å². The highest BCUT2D eigenvalue weighted by Gasteiger charge is 2.30. The number of halogens is 4. The van der Waals surface area contributed by atoms with Gasteiger partial charge in [-0.3, -0.25) is 0 Å². The lowest BCUT2D eigenvalue weighted by Gasteiger charge is -2.22. The van der Waals surface area contributed by atoms with Crippen molar-refractivity contribution >= 4 is 29.1 Å². The number of nitrogen functional groups attached to an aromatic ring is 1. The molecule has 0 unspecified atom stereocenters. The van der Waals surface area contributed by atoms with Crippen molar-refractivity contribution in [2.75, 3.05) is 11.1 Å². The Labute approximate surface area is 193 Å². The number of benzene rings is 2. The molecule has 3 aromatic rings. The van der Waals surface area contributed by atoms with Crippen LogP contribution >= 0.6 is 11.6 Å². The first-order valence-electron chi connectivity index (χ1n) is 10.6. The number of carbonyl (C=O) groups excluding carboxylic acids is 1. The molecule has 2 aromatic carbocycles. The molecule has 0 bridgehead atoms. The van der Waals surface area contributed by atoms with Gasteiger partial charge in [0.1, 0.15) is 11.4 Å². The molecule has 33 heavy (non-hydrogen) atoms. The van der Waals surface area contributed by atoms with Crippen molar-refractivity contribution in [2.24, 2.45) is 0 Å². The van der Waals surface area contributed by atoms with Crippen LogP contribution in [0.4, 0.5) is 29.5 Å². The van der Waals surface area contributed by atoms with Crippen LogP contribution in [0.2, 0.25) is 5.02 Å². The molecular weight excluding hydrogens is 455 g/mol. The minimum absolute atomic E-state index is 0.0870. The summed E-state index contributed by atoms with van der Waals surface area (Å²) in [6.07, 6.45) is 0.666. The molecular formula is C23H23ClF3N5O. The van der Waals surface area contributed by atoms with Gasteiger partial charge in [0.15, 0.2) is 5.82 Å². The average Bonchev–Trinajstić information content (AvgIpc) is 3.10. The second-order valence-electron chi connectivity index (χ2n) is 8.01. The highest BCUT2D eigenvalue weighted by molar-refractivity contribution is 6.30. The Morgan fingerprint density at radius 3 is 2.27 bits per heavy atom. The largest absolute Gasteiger partial charge is 0.416 e. The van der Waals surface area contributed by atoms with E-state index >= 15 is 0 Å². The number of carbonyl (C=O) groups is 1. The first-order chi connectivity index (χ1) is 15.7. The van der Waals surface area contributed by atoms with E-state index in [1.807, 2.05) is 0 Å². The standard InChI is InChI=1S/C23H23ClF3N5O/c24-16-10-6-14(7-11-16)19-20(30-22(33)29-17-4-2-1-3-5-17)21(28)32(31-19)18-12-8-15(9-13-18)23(25,26)27/h6-13,17H,1-5,28H2,(H2,29,30,33). The number of anilines is 2. The van der Waals surface area contributed by atoms with Crippen molar-refractivity contribution in [1.29, 1.82) is 0 Å². The molecule has 0 radical (unpaired) electrons. The average molecular weight is 478 g/mol. The van der Waals surface area contributed by atoms with Gasteiger partial charge in [0, 0.05) is 16.6 Å². The molecule has 1 saturated carbocycles. The van der Waals surface area contributed by atoms with Gasteiger partial charge >= 0.3 is 12.2 Å². The van der Waals surface area contributed by atoms with Gasteiger partial charge in [-0.2, -0.15) is 18.3 Å². The quantitative estimate of drug-likeness (QED) is 0.415. The summed E-state index contributed by atoms with van der Waals surface area (Å²) in [6, 6.07) is 11.0.